The number of carbonyl (C=O) groups is 1. The minimum atomic E-state index is -0.370. The number of aromatic nitrogens is 2. The monoisotopic (exact) mass is 332 g/mol. The number of para-hydroxylation sites is 1. The number of rotatable bonds is 5. The van der Waals surface area contributed by atoms with Crippen LogP contribution in [-0.2, 0) is 4.74 Å². The van der Waals surface area contributed by atoms with Crippen molar-refractivity contribution < 1.29 is 13.9 Å². The van der Waals surface area contributed by atoms with Crippen molar-refractivity contribution >= 4 is 22.9 Å². The molecule has 0 spiro atoms. The summed E-state index contributed by atoms with van der Waals surface area (Å²) >= 11 is 0. The van der Waals surface area contributed by atoms with Crippen LogP contribution in [-0.4, -0.2) is 46.7 Å². The van der Waals surface area contributed by atoms with Crippen LogP contribution in [0.4, 0.5) is 15.1 Å². The van der Waals surface area contributed by atoms with Crippen molar-refractivity contribution in [2.75, 3.05) is 25.0 Å². The minimum absolute atomic E-state index is 0.0351. The van der Waals surface area contributed by atoms with Crippen LogP contribution in [0.1, 0.15) is 26.2 Å². The van der Waals surface area contributed by atoms with E-state index in [-0.39, 0.29) is 18.0 Å². The van der Waals surface area contributed by atoms with Gasteiger partial charge in [-0.05, 0) is 18.9 Å². The number of unbranched alkanes of at least 4 members (excludes halogenated alkanes) is 1. The molecule has 1 aromatic heterocycles. The van der Waals surface area contributed by atoms with E-state index in [0.29, 0.717) is 36.5 Å². The Morgan fingerprint density at radius 2 is 2.38 bits per heavy atom. The highest BCUT2D eigenvalue weighted by atomic mass is 19.1. The fraction of sp³-hybridized carbons (Fsp3) is 0.471. The van der Waals surface area contributed by atoms with Crippen molar-refractivity contribution in [3.63, 3.8) is 0 Å². The first-order valence-corrected chi connectivity index (χ1v) is 8.27. The van der Waals surface area contributed by atoms with Gasteiger partial charge in [0.15, 0.2) is 0 Å². The van der Waals surface area contributed by atoms with Crippen LogP contribution < -0.4 is 5.32 Å². The molecule has 24 heavy (non-hydrogen) atoms. The number of likely N-dealkylation sites (tertiary alicyclic amines) is 1. The largest absolute Gasteiger partial charge is 0.449 e. The molecule has 1 aliphatic rings. The number of nitrogens with zero attached hydrogens (tertiary/aromatic N) is 3. The molecule has 1 saturated heterocycles. The van der Waals surface area contributed by atoms with E-state index in [1.165, 1.54) is 6.07 Å². The molecule has 0 bridgehead atoms. The number of hydrogen-bond acceptors (Lipinski definition) is 5. The van der Waals surface area contributed by atoms with Crippen LogP contribution in [0.5, 0.6) is 0 Å². The third-order valence-electron chi connectivity index (χ3n) is 4.06. The molecule has 1 fully saturated rings. The average molecular weight is 332 g/mol. The lowest BCUT2D eigenvalue weighted by molar-refractivity contribution is 0.109. The number of halogens is 1. The maximum Gasteiger partial charge on any atom is 0.409 e. The zero-order valence-corrected chi connectivity index (χ0v) is 13.7. The Labute approximate surface area is 140 Å². The SMILES string of the molecule is CCCCOC(=O)N1CC[C@H](Nc2ncc3cccc(F)c3n2)C1. The molecule has 128 valence electrons. The number of hydrogen-bond donors (Lipinski definition) is 1. The number of ether oxygens (including phenoxy) is 1. The second-order valence-electron chi connectivity index (χ2n) is 5.92. The molecule has 7 heteroatoms. The highest BCUT2D eigenvalue weighted by molar-refractivity contribution is 5.79. The molecule has 2 aromatic rings. The van der Waals surface area contributed by atoms with Crippen LogP contribution in [0.2, 0.25) is 0 Å². The van der Waals surface area contributed by atoms with Crippen LogP contribution in [0.25, 0.3) is 10.9 Å². The minimum Gasteiger partial charge on any atom is -0.449 e. The fourth-order valence-electron chi connectivity index (χ4n) is 2.71. The topological polar surface area (TPSA) is 67.3 Å². The van der Waals surface area contributed by atoms with Crippen molar-refractivity contribution in [2.45, 2.75) is 32.2 Å². The average Bonchev–Trinajstić information content (AvgIpc) is 3.04. The van der Waals surface area contributed by atoms with Crippen molar-refractivity contribution in [3.05, 3.63) is 30.2 Å². The molecular weight excluding hydrogens is 311 g/mol. The van der Waals surface area contributed by atoms with Crippen molar-refractivity contribution in [2.24, 2.45) is 0 Å². The summed E-state index contributed by atoms with van der Waals surface area (Å²) in [7, 11) is 0. The van der Waals surface area contributed by atoms with E-state index in [1.54, 1.807) is 23.2 Å². The van der Waals surface area contributed by atoms with Crippen LogP contribution in [0, 0.1) is 5.82 Å². The molecule has 1 aliphatic heterocycles. The molecule has 1 aromatic carbocycles. The van der Waals surface area contributed by atoms with E-state index < -0.39 is 0 Å². The maximum atomic E-state index is 13.8. The predicted molar refractivity (Wildman–Crippen MR) is 89.4 cm³/mol. The molecule has 1 N–H and O–H groups in total. The Morgan fingerprint density at radius 1 is 1.50 bits per heavy atom. The molecule has 3 rings (SSSR count). The predicted octanol–water partition coefficient (Wildman–Crippen LogP) is 3.19. The van der Waals surface area contributed by atoms with E-state index >= 15 is 0 Å². The van der Waals surface area contributed by atoms with Crippen molar-refractivity contribution in [1.82, 2.24) is 14.9 Å². The molecule has 0 unspecified atom stereocenters. The smallest absolute Gasteiger partial charge is 0.409 e. The lowest BCUT2D eigenvalue weighted by Crippen LogP contribution is -2.32. The normalized spacial score (nSPS) is 17.2. The Balaban J connectivity index is 1.59. The number of anilines is 1. The van der Waals surface area contributed by atoms with Gasteiger partial charge in [0.1, 0.15) is 11.3 Å². The Bertz CT molecular complexity index is 725. The van der Waals surface area contributed by atoms with Gasteiger partial charge in [0.2, 0.25) is 5.95 Å². The van der Waals surface area contributed by atoms with Gasteiger partial charge in [-0.25, -0.2) is 19.2 Å². The first kappa shape index (κ1) is 16.4. The summed E-state index contributed by atoms with van der Waals surface area (Å²) < 4.78 is 19.0. The molecule has 0 aliphatic carbocycles. The van der Waals surface area contributed by atoms with Gasteiger partial charge in [-0.1, -0.05) is 25.5 Å². The lowest BCUT2D eigenvalue weighted by Gasteiger charge is -2.17. The third kappa shape index (κ3) is 3.72. The van der Waals surface area contributed by atoms with Crippen LogP contribution >= 0.6 is 0 Å². The van der Waals surface area contributed by atoms with Crippen LogP contribution in [0.15, 0.2) is 24.4 Å². The van der Waals surface area contributed by atoms with E-state index in [1.807, 2.05) is 0 Å². The number of fused-ring (bicyclic) bond motifs is 1. The number of benzene rings is 1. The highest BCUT2D eigenvalue weighted by Gasteiger charge is 2.27. The molecule has 1 atom stereocenters. The van der Waals surface area contributed by atoms with E-state index in [9.17, 15) is 9.18 Å². The zero-order valence-electron chi connectivity index (χ0n) is 13.7. The second-order valence-corrected chi connectivity index (χ2v) is 5.92. The maximum absolute atomic E-state index is 13.8. The van der Waals surface area contributed by atoms with Gasteiger partial charge in [0.05, 0.1) is 6.61 Å². The van der Waals surface area contributed by atoms with Crippen molar-refractivity contribution in [3.8, 4) is 0 Å². The first-order valence-electron chi connectivity index (χ1n) is 8.27. The van der Waals surface area contributed by atoms with E-state index in [2.05, 4.69) is 22.2 Å². The Morgan fingerprint density at radius 3 is 3.21 bits per heavy atom. The Kier molecular flexibility index (Phi) is 5.08. The number of carbonyl (C=O) groups excluding carboxylic acids is 1. The van der Waals surface area contributed by atoms with Crippen LogP contribution in [0.3, 0.4) is 0 Å². The quantitative estimate of drug-likeness (QED) is 0.852. The standard InChI is InChI=1S/C17H21FN4O2/c1-2-3-9-24-17(23)22-8-7-13(11-22)20-16-19-10-12-5-4-6-14(18)15(12)21-16/h4-6,10,13H,2-3,7-9,11H2,1H3,(H,19,20,21)/t13-/m0/s1. The number of nitrogens with one attached hydrogen (secondary N) is 1. The van der Waals surface area contributed by atoms with Gasteiger partial charge in [-0.3, -0.25) is 0 Å². The molecule has 0 saturated carbocycles. The summed E-state index contributed by atoms with van der Waals surface area (Å²) in [5, 5.41) is 3.83. The molecule has 0 radical (unpaired) electrons. The summed E-state index contributed by atoms with van der Waals surface area (Å²) in [6, 6.07) is 4.81. The van der Waals surface area contributed by atoms with Crippen molar-refractivity contribution in [1.29, 1.82) is 0 Å². The number of amides is 1. The molecular formula is C17H21FN4O2. The summed E-state index contributed by atoms with van der Waals surface area (Å²) in [4.78, 5) is 22.1. The summed E-state index contributed by atoms with van der Waals surface area (Å²) in [6.45, 7) is 3.67. The zero-order chi connectivity index (χ0) is 16.9. The molecule has 2 heterocycles. The fourth-order valence-corrected chi connectivity index (χ4v) is 2.71. The van der Waals surface area contributed by atoms with Gasteiger partial charge in [-0.15, -0.1) is 0 Å². The third-order valence-corrected chi connectivity index (χ3v) is 4.06. The second kappa shape index (κ2) is 7.42. The summed E-state index contributed by atoms with van der Waals surface area (Å²) in [6.07, 6.45) is 3.96. The van der Waals surface area contributed by atoms with Gasteiger partial charge in [0.25, 0.3) is 0 Å². The highest BCUT2D eigenvalue weighted by Crippen LogP contribution is 2.18. The molecule has 1 amide bonds. The van der Waals surface area contributed by atoms with Gasteiger partial charge in [0, 0.05) is 30.7 Å². The van der Waals surface area contributed by atoms with E-state index in [4.69, 9.17) is 4.74 Å². The lowest BCUT2D eigenvalue weighted by atomic mass is 10.2. The first-order chi connectivity index (χ1) is 11.7. The van der Waals surface area contributed by atoms with Gasteiger partial charge < -0.3 is 15.0 Å². The Hall–Kier alpha value is -2.44. The summed E-state index contributed by atoms with van der Waals surface area (Å²) in [5.74, 6) is 0.00398. The molecule has 6 nitrogen and oxygen atoms in total. The summed E-state index contributed by atoms with van der Waals surface area (Å²) in [5.41, 5.74) is 0.295. The van der Waals surface area contributed by atoms with Gasteiger partial charge in [-0.2, -0.15) is 0 Å². The van der Waals surface area contributed by atoms with Gasteiger partial charge >= 0.3 is 6.09 Å². The van der Waals surface area contributed by atoms with E-state index in [0.717, 1.165) is 19.3 Å².